The van der Waals surface area contributed by atoms with Crippen LogP contribution in [0.1, 0.15) is 132 Å². The zero-order valence-corrected chi connectivity index (χ0v) is 66.1. The Hall–Kier alpha value is -8.35. The summed E-state index contributed by atoms with van der Waals surface area (Å²) in [5.41, 5.74) is 1.96. The molecule has 0 spiro atoms. The van der Waals surface area contributed by atoms with E-state index in [4.69, 9.17) is 0 Å². The first-order chi connectivity index (χ1) is 49.5. The number of ether oxygens (including phenoxy) is 2. The maximum Gasteiger partial charge on any atom is 0.367 e. The number of nitrogens with zero attached hydrogens (tertiary/aromatic N) is 1. The van der Waals surface area contributed by atoms with Crippen LogP contribution < -0.4 is 12.4 Å². The van der Waals surface area contributed by atoms with Crippen molar-refractivity contribution in [1.82, 2.24) is 0 Å². The molecule has 0 atom stereocenters. The van der Waals surface area contributed by atoms with Crippen molar-refractivity contribution in [1.29, 1.82) is 0 Å². The zero-order valence-electron chi connectivity index (χ0n) is 62.1. The van der Waals surface area contributed by atoms with E-state index < -0.39 is 135 Å². The number of rotatable bonds is 16. The van der Waals surface area contributed by atoms with Gasteiger partial charge in [-0.15, -0.1) is 0 Å². The Morgan fingerprint density at radius 2 is 0.633 bits per heavy atom. The number of quaternary nitrogens is 1. The molecule has 0 heterocycles. The van der Waals surface area contributed by atoms with Gasteiger partial charge in [0, 0.05) is 89.5 Å². The highest BCUT2D eigenvalue weighted by Crippen LogP contribution is 2.41. The van der Waals surface area contributed by atoms with Gasteiger partial charge in [-0.2, -0.15) is 17.6 Å². The van der Waals surface area contributed by atoms with Gasteiger partial charge in [-0.25, -0.2) is 61.5 Å². The number of halogens is 13. The molecule has 0 bridgehead atoms. The molecular formula is C80H84ClF12NO11S4. The summed E-state index contributed by atoms with van der Waals surface area (Å²) >= 11 is 0. The summed E-state index contributed by atoms with van der Waals surface area (Å²) in [6.45, 7) is 19.8. The van der Waals surface area contributed by atoms with E-state index in [1.807, 2.05) is 47.6 Å². The molecule has 29 heteroatoms. The summed E-state index contributed by atoms with van der Waals surface area (Å²) in [4.78, 5) is 27.0. The second kappa shape index (κ2) is 37.6. The van der Waals surface area contributed by atoms with Gasteiger partial charge in [-0.1, -0.05) is 156 Å². The molecule has 0 aliphatic rings. The van der Waals surface area contributed by atoms with E-state index in [0.717, 1.165) is 46.4 Å². The summed E-state index contributed by atoms with van der Waals surface area (Å²) in [7, 11) is -7.28. The monoisotopic (exact) mass is 1630 g/mol. The van der Waals surface area contributed by atoms with E-state index in [2.05, 4.69) is 60.9 Å². The molecule has 109 heavy (non-hydrogen) atoms. The fraction of sp³-hybridized carbons (Fsp3) is 0.300. The first-order valence-corrected chi connectivity index (χ1v) is 38.0. The molecule has 590 valence electrons. The van der Waals surface area contributed by atoms with Gasteiger partial charge in [0.05, 0.1) is 54.1 Å². The van der Waals surface area contributed by atoms with Crippen molar-refractivity contribution in [3.05, 3.63) is 280 Å². The molecule has 0 amide bonds. The number of alkyl halides is 4. The molecule has 0 saturated carbocycles. The molecule has 0 aromatic heterocycles. The van der Waals surface area contributed by atoms with Crippen molar-refractivity contribution in [3.8, 4) is 5.75 Å². The Kier molecular flexibility index (Phi) is 32.1. The number of benzene rings is 9. The quantitative estimate of drug-likeness (QED) is 0.0319. The van der Waals surface area contributed by atoms with Gasteiger partial charge < -0.3 is 40.6 Å². The molecule has 0 saturated heterocycles. The van der Waals surface area contributed by atoms with Crippen LogP contribution in [0.15, 0.2) is 223 Å². The number of esters is 2. The number of carbonyl (C=O) groups excluding carboxylic acids is 2. The SMILES string of the molecule is CC(C)(C)c1cc(C(=O)OCC(F)(F)S(=O)(=O)[O-])cc(C(C)(C)C)c1.CC(C)(C)c1cc(C(=O)OCC(F)(F)S(=O)(=O)[O-])cc(C(C)(C)C)c1O.C[N+](C)(C)Cc1ccccc1.Fc1cc(F)cc([S+](c2ccccc2)c2cc(F)cc(F)c2)c1.Fc1cc(F)cc([S+](c2ccccc2)c2cc(F)cc(F)c2)c1.[Cl-]. The highest BCUT2D eigenvalue weighted by Gasteiger charge is 2.42. The van der Waals surface area contributed by atoms with Crippen LogP contribution in [-0.4, -0.2) is 92.3 Å². The number of hydrogen-bond acceptors (Lipinski definition) is 11. The molecule has 0 radical (unpaired) electrons. The van der Waals surface area contributed by atoms with Gasteiger partial charge in [0.1, 0.15) is 58.8 Å². The zero-order chi connectivity index (χ0) is 81.7. The van der Waals surface area contributed by atoms with E-state index in [0.29, 0.717) is 40.5 Å². The van der Waals surface area contributed by atoms with Gasteiger partial charge in [-0.05, 0) is 81.3 Å². The predicted octanol–water partition coefficient (Wildman–Crippen LogP) is 16.4. The predicted molar refractivity (Wildman–Crippen MR) is 390 cm³/mol. The van der Waals surface area contributed by atoms with Crippen LogP contribution in [0.3, 0.4) is 0 Å². The van der Waals surface area contributed by atoms with Crippen molar-refractivity contribution in [2.24, 2.45) is 0 Å². The Balaban J connectivity index is 0.000000292. The van der Waals surface area contributed by atoms with Crippen molar-refractivity contribution >= 4 is 54.0 Å². The lowest BCUT2D eigenvalue weighted by Gasteiger charge is -2.28. The minimum absolute atomic E-state index is 0. The first-order valence-electron chi connectivity index (χ1n) is 32.8. The molecule has 9 rings (SSSR count). The van der Waals surface area contributed by atoms with Crippen molar-refractivity contribution < 1.29 is 120 Å². The Bertz CT molecular complexity index is 4430. The van der Waals surface area contributed by atoms with Gasteiger partial charge in [-0.3, -0.25) is 0 Å². The van der Waals surface area contributed by atoms with Crippen LogP contribution in [0.2, 0.25) is 0 Å². The Morgan fingerprint density at radius 1 is 0.385 bits per heavy atom. The first kappa shape index (κ1) is 93.0. The van der Waals surface area contributed by atoms with Gasteiger partial charge >= 0.3 is 22.4 Å². The lowest BCUT2D eigenvalue weighted by Crippen LogP contribution is -3.00. The molecule has 0 unspecified atom stereocenters. The smallest absolute Gasteiger partial charge is 0.367 e. The third-order valence-electron chi connectivity index (χ3n) is 15.1. The number of aromatic hydroxyl groups is 1. The third kappa shape index (κ3) is 28.5. The molecule has 0 aliphatic carbocycles. The van der Waals surface area contributed by atoms with E-state index in [1.54, 1.807) is 102 Å². The van der Waals surface area contributed by atoms with Crippen LogP contribution >= 0.6 is 0 Å². The van der Waals surface area contributed by atoms with Crippen LogP contribution in [0.4, 0.5) is 52.7 Å². The van der Waals surface area contributed by atoms with E-state index in [9.17, 15) is 93.3 Å². The highest BCUT2D eigenvalue weighted by atomic mass is 35.5. The highest BCUT2D eigenvalue weighted by molar-refractivity contribution is 7.97. The molecule has 9 aromatic rings. The second-order valence-electron chi connectivity index (χ2n) is 29.6. The summed E-state index contributed by atoms with van der Waals surface area (Å²) in [6, 6.07) is 48.3. The van der Waals surface area contributed by atoms with Gasteiger partial charge in [0.2, 0.25) is 0 Å². The lowest BCUT2D eigenvalue weighted by atomic mass is 9.78. The average Bonchev–Trinajstić information content (AvgIpc) is 0.739. The van der Waals surface area contributed by atoms with Crippen LogP contribution in [0.25, 0.3) is 0 Å². The number of phenolic OH excluding ortho intramolecular Hbond substituents is 1. The second-order valence-corrected chi connectivity index (χ2v) is 36.7. The van der Waals surface area contributed by atoms with Gasteiger partial charge in [0.15, 0.2) is 62.8 Å². The molecule has 12 nitrogen and oxygen atoms in total. The van der Waals surface area contributed by atoms with Crippen molar-refractivity contribution in [2.45, 2.75) is 151 Å². The number of phenols is 1. The summed E-state index contributed by atoms with van der Waals surface area (Å²) < 4.78 is 234. The van der Waals surface area contributed by atoms with Gasteiger partial charge in [0.25, 0.3) is 0 Å². The normalized spacial score (nSPS) is 12.2. The van der Waals surface area contributed by atoms with Crippen LogP contribution in [0, 0.1) is 46.5 Å². The van der Waals surface area contributed by atoms with Crippen LogP contribution in [-0.2, 0) is 79.7 Å². The standard InChI is InChI=1S/2C18H11F4S.C17H24F2O6S.C17H24F2O5S.C10H16N.ClH/c2*19-12-6-13(20)9-17(8-12)23(16-4-2-1-3-5-16)18-10-14(21)7-15(22)11-18;1-15(2,3)11-7-10(8-12(13(11)20)16(4,5)6)14(21)25-9-17(18,19)26(22,23)24;1-15(2,3)12-7-11(8-13(9-12)16(4,5)6)14(20)24-10-17(18,19)25(21,22)23;1-11(2,3)9-10-7-5-4-6-8-10;/h2*1-11H;7-8,20H,9H2,1-6H3,(H,22,23,24);7-9H,10H2,1-6H3,(H,21,22,23);4-8H,9H2,1-3H3;1H/q2*+1;;;+1;/p-3. The largest absolute Gasteiger partial charge is 1.00 e. The van der Waals surface area contributed by atoms with E-state index >= 15 is 0 Å². The summed E-state index contributed by atoms with van der Waals surface area (Å²) in [5, 5.41) is 1.15. The summed E-state index contributed by atoms with van der Waals surface area (Å²) in [5.74, 6) is -8.20. The molecular weight excluding hydrogens is 1540 g/mol. The number of carbonyl (C=O) groups is 2. The van der Waals surface area contributed by atoms with Crippen molar-refractivity contribution in [3.63, 3.8) is 0 Å². The third-order valence-corrected chi connectivity index (χ3v) is 21.1. The Morgan fingerprint density at radius 3 is 0.862 bits per heavy atom. The lowest BCUT2D eigenvalue weighted by molar-refractivity contribution is -0.884. The van der Waals surface area contributed by atoms with Crippen LogP contribution in [0.5, 0.6) is 5.75 Å². The van der Waals surface area contributed by atoms with Crippen molar-refractivity contribution in [2.75, 3.05) is 34.4 Å². The topological polar surface area (TPSA) is 187 Å². The average molecular weight is 1630 g/mol. The summed E-state index contributed by atoms with van der Waals surface area (Å²) in [6.07, 6.45) is 0. The maximum atomic E-state index is 13.6. The maximum absolute atomic E-state index is 13.6. The fourth-order valence-electron chi connectivity index (χ4n) is 9.76. The minimum Gasteiger partial charge on any atom is -1.00 e. The van der Waals surface area contributed by atoms with E-state index in [1.165, 1.54) is 78.4 Å². The molecule has 0 fully saturated rings. The Labute approximate surface area is 640 Å². The number of hydrogen-bond donors (Lipinski definition) is 1. The minimum atomic E-state index is -5.95. The molecule has 1 N–H and O–H groups in total. The molecule has 0 aliphatic heterocycles. The molecule has 9 aromatic carbocycles. The fourth-order valence-corrected chi connectivity index (χ4v) is 14.5. The van der Waals surface area contributed by atoms with E-state index in [-0.39, 0.29) is 40.1 Å².